The summed E-state index contributed by atoms with van der Waals surface area (Å²) in [5.74, 6) is 0.555. The minimum Gasteiger partial charge on any atom is -0.407 e. The van der Waals surface area contributed by atoms with E-state index in [0.29, 0.717) is 12.5 Å². The Morgan fingerprint density at radius 2 is 2.33 bits per heavy atom. The molecule has 0 aromatic rings. The predicted octanol–water partition coefficient (Wildman–Crippen LogP) is 0.479. The van der Waals surface area contributed by atoms with Crippen molar-refractivity contribution >= 4 is 31.8 Å². The van der Waals surface area contributed by atoms with E-state index < -0.39 is 9.07 Å². The number of rotatable bonds is 3. The first-order valence-corrected chi connectivity index (χ1v) is 4.86. The smallest absolute Gasteiger partial charge is 0.258 e. The third kappa shape index (κ3) is 4.76. The van der Waals surface area contributed by atoms with E-state index in [1.54, 1.807) is 0 Å². The highest BCUT2D eigenvalue weighted by Gasteiger charge is 1.77. The van der Waals surface area contributed by atoms with E-state index >= 15 is 0 Å². The van der Waals surface area contributed by atoms with Crippen LogP contribution in [0.1, 0.15) is 0 Å². The van der Waals surface area contributed by atoms with Crippen LogP contribution in [0.2, 0.25) is 0 Å². The molecule has 0 spiro atoms. The molecular weight excluding hydrogens is 139 g/mol. The molecule has 6 heavy (non-hydrogen) atoms. The van der Waals surface area contributed by atoms with Crippen molar-refractivity contribution in [2.45, 2.75) is 0 Å². The van der Waals surface area contributed by atoms with Gasteiger partial charge in [-0.05, 0) is 0 Å². The van der Waals surface area contributed by atoms with Crippen LogP contribution in [0.5, 0.6) is 0 Å². The normalized spacial score (nSPS) is 11.0. The van der Waals surface area contributed by atoms with Crippen molar-refractivity contribution in [2.75, 3.05) is 12.5 Å². The van der Waals surface area contributed by atoms with Crippen LogP contribution < -0.4 is 0 Å². The molecule has 0 N–H and O–H groups in total. The molecule has 0 heterocycles. The van der Waals surface area contributed by atoms with Gasteiger partial charge in [0.25, 0.3) is 9.07 Å². The standard InChI is InChI=1S/C2H6Cl2OSi/c3-1-2-5-6-4/h1-2,6H2. The molecule has 0 radical (unpaired) electrons. The molecule has 1 nitrogen and oxygen atoms in total. The first-order valence-electron chi connectivity index (χ1n) is 1.61. The predicted molar refractivity (Wildman–Crippen MR) is 31.1 cm³/mol. The molecule has 0 saturated carbocycles. The Kier molecular flexibility index (Phi) is 6.48. The molecule has 0 rings (SSSR count). The van der Waals surface area contributed by atoms with Crippen molar-refractivity contribution in [2.24, 2.45) is 0 Å². The second-order valence-electron chi connectivity index (χ2n) is 0.706. The molecule has 0 fully saturated rings. The second-order valence-corrected chi connectivity index (χ2v) is 2.37. The highest BCUT2D eigenvalue weighted by molar-refractivity contribution is 6.89. The summed E-state index contributed by atoms with van der Waals surface area (Å²) in [5.41, 5.74) is 0. The molecule has 0 saturated heterocycles. The van der Waals surface area contributed by atoms with E-state index in [-0.39, 0.29) is 0 Å². The fraction of sp³-hybridized carbons (Fsp3) is 1.00. The lowest BCUT2D eigenvalue weighted by Gasteiger charge is -1.88. The molecule has 0 aromatic carbocycles. The maximum Gasteiger partial charge on any atom is 0.258 e. The van der Waals surface area contributed by atoms with Gasteiger partial charge in [0.2, 0.25) is 0 Å². The fourth-order valence-corrected chi connectivity index (χ4v) is 0.982. The van der Waals surface area contributed by atoms with Gasteiger partial charge < -0.3 is 4.43 Å². The maximum atomic E-state index is 5.24. The van der Waals surface area contributed by atoms with E-state index in [1.807, 2.05) is 0 Å². The Hall–Kier alpha value is 0.757. The third-order valence-corrected chi connectivity index (χ3v) is 1.36. The van der Waals surface area contributed by atoms with Crippen LogP contribution in [-0.2, 0) is 4.43 Å². The molecule has 0 aromatic heterocycles. The van der Waals surface area contributed by atoms with Gasteiger partial charge in [-0.15, -0.1) is 22.7 Å². The van der Waals surface area contributed by atoms with Crippen molar-refractivity contribution in [3.8, 4) is 0 Å². The van der Waals surface area contributed by atoms with E-state index in [2.05, 4.69) is 0 Å². The Bertz CT molecular complexity index is 23.5. The first kappa shape index (κ1) is 6.76. The molecule has 0 unspecified atom stereocenters. The summed E-state index contributed by atoms with van der Waals surface area (Å²) in [4.78, 5) is 0. The summed E-state index contributed by atoms with van der Waals surface area (Å²) in [6, 6.07) is 0. The molecule has 4 heteroatoms. The second kappa shape index (κ2) is 5.76. The highest BCUT2D eigenvalue weighted by atomic mass is 35.6. The van der Waals surface area contributed by atoms with Crippen LogP contribution >= 0.6 is 22.7 Å². The quantitative estimate of drug-likeness (QED) is 0.243. The van der Waals surface area contributed by atoms with Gasteiger partial charge in [0.15, 0.2) is 0 Å². The lowest BCUT2D eigenvalue weighted by Crippen LogP contribution is -1.93. The van der Waals surface area contributed by atoms with Gasteiger partial charge in [0.05, 0.1) is 0 Å². The number of halogens is 2. The zero-order chi connectivity index (χ0) is 4.83. The van der Waals surface area contributed by atoms with Crippen LogP contribution in [0.4, 0.5) is 0 Å². The van der Waals surface area contributed by atoms with Gasteiger partial charge in [-0.3, -0.25) is 0 Å². The highest BCUT2D eigenvalue weighted by Crippen LogP contribution is 1.76. The van der Waals surface area contributed by atoms with Crippen molar-refractivity contribution in [1.29, 1.82) is 0 Å². The van der Waals surface area contributed by atoms with Gasteiger partial charge in [-0.25, -0.2) is 0 Å². The molecule has 38 valence electrons. The Labute approximate surface area is 49.2 Å². The Morgan fingerprint density at radius 3 is 2.50 bits per heavy atom. The van der Waals surface area contributed by atoms with E-state index in [0.717, 1.165) is 0 Å². The summed E-state index contributed by atoms with van der Waals surface area (Å²) in [6.07, 6.45) is 0. The average molecular weight is 145 g/mol. The lowest BCUT2D eigenvalue weighted by atomic mass is 10.9. The van der Waals surface area contributed by atoms with E-state index in [4.69, 9.17) is 27.1 Å². The van der Waals surface area contributed by atoms with Crippen LogP contribution in [0.15, 0.2) is 0 Å². The molecule has 0 bridgehead atoms. The molecule has 0 amide bonds. The summed E-state index contributed by atoms with van der Waals surface area (Å²) >= 11 is 10.5. The molecule has 0 atom stereocenters. The fourth-order valence-electron chi connectivity index (χ4n) is 0.109. The number of hydrogen-bond acceptors (Lipinski definition) is 1. The van der Waals surface area contributed by atoms with Crippen molar-refractivity contribution in [1.82, 2.24) is 0 Å². The topological polar surface area (TPSA) is 9.23 Å². The summed E-state index contributed by atoms with van der Waals surface area (Å²) in [5, 5.41) is 0. The zero-order valence-corrected chi connectivity index (χ0v) is 6.21. The van der Waals surface area contributed by atoms with Crippen molar-refractivity contribution < 1.29 is 4.43 Å². The zero-order valence-electron chi connectivity index (χ0n) is 3.29. The summed E-state index contributed by atoms with van der Waals surface area (Å²) < 4.78 is 4.76. The van der Waals surface area contributed by atoms with Crippen LogP contribution in [-0.4, -0.2) is 21.6 Å². The van der Waals surface area contributed by atoms with Gasteiger partial charge in [0, 0.05) is 12.5 Å². The number of hydrogen-bond donors (Lipinski definition) is 0. The third-order valence-electron chi connectivity index (χ3n) is 0.299. The number of alkyl halides is 1. The molecular formula is C2H6Cl2OSi. The van der Waals surface area contributed by atoms with Crippen LogP contribution in [0, 0.1) is 0 Å². The van der Waals surface area contributed by atoms with E-state index in [1.165, 1.54) is 0 Å². The molecule has 0 aliphatic heterocycles. The van der Waals surface area contributed by atoms with Crippen LogP contribution in [0.25, 0.3) is 0 Å². The van der Waals surface area contributed by atoms with Crippen molar-refractivity contribution in [3.63, 3.8) is 0 Å². The largest absolute Gasteiger partial charge is 0.407 e. The molecule has 0 aliphatic rings. The van der Waals surface area contributed by atoms with Gasteiger partial charge in [-0.2, -0.15) is 0 Å². The average Bonchev–Trinajstić information content (AvgIpc) is 1.61. The first-order chi connectivity index (χ1) is 2.91. The minimum absolute atomic E-state index is 0.555. The monoisotopic (exact) mass is 144 g/mol. The SMILES string of the molecule is ClCCO[SiH2]Cl. The van der Waals surface area contributed by atoms with E-state index in [9.17, 15) is 0 Å². The Balaban J connectivity index is 2.34. The van der Waals surface area contributed by atoms with Gasteiger partial charge in [-0.1, -0.05) is 0 Å². The lowest BCUT2D eigenvalue weighted by molar-refractivity contribution is 0.374. The maximum absolute atomic E-state index is 5.24. The Morgan fingerprint density at radius 1 is 1.67 bits per heavy atom. The van der Waals surface area contributed by atoms with Gasteiger partial charge >= 0.3 is 0 Å². The minimum atomic E-state index is -0.709. The summed E-state index contributed by atoms with van der Waals surface area (Å²) in [7, 11) is -0.709. The van der Waals surface area contributed by atoms with Gasteiger partial charge in [0.1, 0.15) is 0 Å². The van der Waals surface area contributed by atoms with Crippen molar-refractivity contribution in [3.05, 3.63) is 0 Å². The summed E-state index contributed by atoms with van der Waals surface area (Å²) in [6.45, 7) is 0.608. The van der Waals surface area contributed by atoms with Crippen LogP contribution in [0.3, 0.4) is 0 Å². The molecule has 0 aliphatic carbocycles.